The molecule has 1 aliphatic heterocycles. The Morgan fingerprint density at radius 3 is 2.44 bits per heavy atom. The molecule has 1 aromatic heterocycles. The van der Waals surface area contributed by atoms with Crippen LogP contribution in [0, 0.1) is 23.1 Å². The molecule has 1 aliphatic rings. The van der Waals surface area contributed by atoms with Gasteiger partial charge < -0.3 is 16.2 Å². The van der Waals surface area contributed by atoms with Gasteiger partial charge in [0.25, 0.3) is 0 Å². The monoisotopic (exact) mass is 485 g/mol. The average Bonchev–Trinajstić information content (AvgIpc) is 3.26. The summed E-state index contributed by atoms with van der Waals surface area (Å²) in [7, 11) is 0. The molecule has 1 amide bonds. The fraction of sp³-hybridized carbons (Fsp3) is 0.250. The third-order valence-corrected chi connectivity index (χ3v) is 6.75. The number of Topliss-reactive ketones (excluding diaryl/α,β-unsaturated/α-hetero) is 1. The van der Waals surface area contributed by atoms with E-state index < -0.39 is 52.0 Å². The number of primary amides is 1. The first-order valence-corrected chi connectivity index (χ1v) is 10.8. The van der Waals surface area contributed by atoms with Gasteiger partial charge in [0.15, 0.2) is 5.78 Å². The standard InChI is InChI=1S/C20H15F4N3O3S2/c21-11-5-3-10(4-6-11)15-12(8-25)18(32-9-14(26)28)27-19(30,20(22,23)24)16(15)17(29)13-2-1-7-31-13/h1-7,15-16,27,30H,9H2,(H2,26,28)/t15-,16-,19-/m1/s1. The first-order chi connectivity index (χ1) is 15.0. The van der Waals surface area contributed by atoms with Gasteiger partial charge in [0.2, 0.25) is 11.6 Å². The molecule has 0 unspecified atom stereocenters. The van der Waals surface area contributed by atoms with Gasteiger partial charge in [-0.05, 0) is 29.1 Å². The van der Waals surface area contributed by atoms with Crippen molar-refractivity contribution in [3.05, 3.63) is 68.6 Å². The van der Waals surface area contributed by atoms with Gasteiger partial charge in [0.05, 0.1) is 33.2 Å². The van der Waals surface area contributed by atoms with E-state index in [1.54, 1.807) is 6.07 Å². The van der Waals surface area contributed by atoms with Crippen LogP contribution in [0.4, 0.5) is 17.6 Å². The number of thioether (sulfide) groups is 1. The van der Waals surface area contributed by atoms with Crippen molar-refractivity contribution < 1.29 is 32.3 Å². The normalized spacial score (nSPS) is 23.4. The number of nitrogens with one attached hydrogen (secondary N) is 1. The zero-order valence-electron chi connectivity index (χ0n) is 16.0. The predicted molar refractivity (Wildman–Crippen MR) is 110 cm³/mol. The van der Waals surface area contributed by atoms with E-state index in [-0.39, 0.29) is 16.0 Å². The van der Waals surface area contributed by atoms with E-state index in [4.69, 9.17) is 5.73 Å². The van der Waals surface area contributed by atoms with E-state index in [1.165, 1.54) is 17.5 Å². The highest BCUT2D eigenvalue weighted by Gasteiger charge is 2.66. The molecule has 3 rings (SSSR count). The second-order valence-electron chi connectivity index (χ2n) is 6.85. The van der Waals surface area contributed by atoms with Crippen LogP contribution >= 0.6 is 23.1 Å². The molecular formula is C20H15F4N3O3S2. The Balaban J connectivity index is 2.29. The van der Waals surface area contributed by atoms with Crippen LogP contribution in [0.5, 0.6) is 0 Å². The van der Waals surface area contributed by atoms with Crippen LogP contribution < -0.4 is 11.1 Å². The van der Waals surface area contributed by atoms with Gasteiger partial charge in [-0.2, -0.15) is 18.4 Å². The quantitative estimate of drug-likeness (QED) is 0.427. The number of rotatable bonds is 6. The minimum atomic E-state index is -5.36. The Bertz CT molecular complexity index is 1090. The molecule has 0 saturated heterocycles. The molecule has 0 bridgehead atoms. The number of nitrogens with two attached hydrogens (primary N) is 1. The summed E-state index contributed by atoms with van der Waals surface area (Å²) in [5, 5.41) is 23.6. The number of nitriles is 1. The molecule has 12 heteroatoms. The molecule has 1 aromatic carbocycles. The lowest BCUT2D eigenvalue weighted by Crippen LogP contribution is -2.66. The number of ketones is 1. The topological polar surface area (TPSA) is 116 Å². The molecule has 4 N–H and O–H groups in total. The summed E-state index contributed by atoms with van der Waals surface area (Å²) in [4.78, 5) is 24.4. The number of carbonyl (C=O) groups is 2. The van der Waals surface area contributed by atoms with Gasteiger partial charge in [-0.3, -0.25) is 9.59 Å². The number of amides is 1. The molecule has 3 atom stereocenters. The van der Waals surface area contributed by atoms with Crippen LogP contribution in [0.3, 0.4) is 0 Å². The SMILES string of the molecule is N#CC1=C(SCC(N)=O)N[C@](O)(C(F)(F)F)[C@@H](C(=O)c2cccs2)[C@@H]1c1ccc(F)cc1. The maximum atomic E-state index is 14.2. The Labute approximate surface area is 187 Å². The smallest absolute Gasteiger partial charge is 0.369 e. The van der Waals surface area contributed by atoms with E-state index in [0.717, 1.165) is 35.6 Å². The second kappa shape index (κ2) is 8.93. The van der Waals surface area contributed by atoms with Gasteiger partial charge >= 0.3 is 6.18 Å². The molecule has 0 spiro atoms. The van der Waals surface area contributed by atoms with Crippen molar-refractivity contribution >= 4 is 34.8 Å². The van der Waals surface area contributed by atoms with Crippen molar-refractivity contribution in [1.82, 2.24) is 5.32 Å². The molecule has 2 aromatic rings. The number of carbonyl (C=O) groups excluding carboxylic acids is 2. The van der Waals surface area contributed by atoms with Gasteiger partial charge in [-0.15, -0.1) is 11.3 Å². The van der Waals surface area contributed by atoms with Crippen LogP contribution in [0.15, 0.2) is 52.4 Å². The summed E-state index contributed by atoms with van der Waals surface area (Å²) < 4.78 is 56.1. The number of thiophene rings is 1. The van der Waals surface area contributed by atoms with Crippen molar-refractivity contribution in [3.63, 3.8) is 0 Å². The lowest BCUT2D eigenvalue weighted by atomic mass is 9.70. The summed E-state index contributed by atoms with van der Waals surface area (Å²) in [6.45, 7) is 0. The summed E-state index contributed by atoms with van der Waals surface area (Å²) in [6, 6.07) is 8.78. The maximum absolute atomic E-state index is 14.2. The average molecular weight is 485 g/mol. The predicted octanol–water partition coefficient (Wildman–Crippen LogP) is 3.28. The molecular weight excluding hydrogens is 470 g/mol. The molecule has 32 heavy (non-hydrogen) atoms. The summed E-state index contributed by atoms with van der Waals surface area (Å²) in [5.41, 5.74) is 0.995. The molecule has 6 nitrogen and oxygen atoms in total. The molecule has 168 valence electrons. The van der Waals surface area contributed by atoms with Crippen LogP contribution in [0.2, 0.25) is 0 Å². The van der Waals surface area contributed by atoms with Gasteiger partial charge in [0.1, 0.15) is 5.82 Å². The minimum Gasteiger partial charge on any atom is -0.369 e. The van der Waals surface area contributed by atoms with E-state index in [9.17, 15) is 37.5 Å². The summed E-state index contributed by atoms with van der Waals surface area (Å²) in [5.74, 6) is -6.87. The van der Waals surface area contributed by atoms with Gasteiger partial charge in [0, 0.05) is 5.92 Å². The number of hydrogen-bond acceptors (Lipinski definition) is 7. The van der Waals surface area contributed by atoms with Crippen molar-refractivity contribution in [3.8, 4) is 6.07 Å². The van der Waals surface area contributed by atoms with Crippen molar-refractivity contribution in [2.75, 3.05) is 5.75 Å². The van der Waals surface area contributed by atoms with Crippen molar-refractivity contribution in [1.29, 1.82) is 5.26 Å². The van der Waals surface area contributed by atoms with E-state index >= 15 is 0 Å². The van der Waals surface area contributed by atoms with Gasteiger partial charge in [-0.1, -0.05) is 30.0 Å². The number of nitrogens with zero attached hydrogens (tertiary/aromatic N) is 1. The number of aliphatic hydroxyl groups is 1. The Kier molecular flexibility index (Phi) is 6.64. The van der Waals surface area contributed by atoms with E-state index in [2.05, 4.69) is 0 Å². The summed E-state index contributed by atoms with van der Waals surface area (Å²) in [6.07, 6.45) is -5.36. The van der Waals surface area contributed by atoms with Crippen LogP contribution in [-0.2, 0) is 4.79 Å². The Hall–Kier alpha value is -2.88. The van der Waals surface area contributed by atoms with Crippen LogP contribution in [0.1, 0.15) is 21.2 Å². The maximum Gasteiger partial charge on any atom is 0.437 e. The zero-order chi connectivity index (χ0) is 23.7. The fourth-order valence-corrected chi connectivity index (χ4v) is 4.98. The zero-order valence-corrected chi connectivity index (χ0v) is 17.7. The van der Waals surface area contributed by atoms with Crippen LogP contribution in [-0.4, -0.2) is 34.5 Å². The number of alkyl halides is 3. The molecule has 0 saturated carbocycles. The number of hydrogen-bond donors (Lipinski definition) is 3. The van der Waals surface area contributed by atoms with Crippen LogP contribution in [0.25, 0.3) is 0 Å². The highest BCUT2D eigenvalue weighted by Crippen LogP contribution is 2.51. The second-order valence-corrected chi connectivity index (χ2v) is 8.78. The number of benzene rings is 1. The highest BCUT2D eigenvalue weighted by molar-refractivity contribution is 8.03. The summed E-state index contributed by atoms with van der Waals surface area (Å²) >= 11 is 1.38. The Morgan fingerprint density at radius 1 is 1.28 bits per heavy atom. The molecule has 0 fully saturated rings. The number of halogens is 4. The fourth-order valence-electron chi connectivity index (χ4n) is 3.43. The third kappa shape index (κ3) is 4.36. The molecule has 0 radical (unpaired) electrons. The largest absolute Gasteiger partial charge is 0.437 e. The molecule has 0 aliphatic carbocycles. The molecule has 2 heterocycles. The lowest BCUT2D eigenvalue weighted by Gasteiger charge is -2.45. The van der Waals surface area contributed by atoms with Gasteiger partial charge in [-0.25, -0.2) is 4.39 Å². The number of allylic oxidation sites excluding steroid dienone is 1. The van der Waals surface area contributed by atoms with Crippen molar-refractivity contribution in [2.24, 2.45) is 11.7 Å². The van der Waals surface area contributed by atoms with E-state index in [0.29, 0.717) is 11.8 Å². The minimum absolute atomic E-state index is 0.0132. The van der Waals surface area contributed by atoms with E-state index in [1.807, 2.05) is 5.32 Å². The first kappa shape index (κ1) is 23.8. The Morgan fingerprint density at radius 2 is 1.94 bits per heavy atom. The first-order valence-electron chi connectivity index (χ1n) is 8.95. The van der Waals surface area contributed by atoms with Crippen molar-refractivity contribution in [2.45, 2.75) is 17.8 Å². The lowest BCUT2D eigenvalue weighted by molar-refractivity contribution is -0.285. The highest BCUT2D eigenvalue weighted by atomic mass is 32.2. The third-order valence-electron chi connectivity index (χ3n) is 4.83.